The van der Waals surface area contributed by atoms with Crippen LogP contribution in [0, 0.1) is 0 Å². The van der Waals surface area contributed by atoms with E-state index in [-0.39, 0.29) is 6.79 Å². The Morgan fingerprint density at radius 2 is 1.95 bits per heavy atom. The van der Waals surface area contributed by atoms with E-state index in [1.54, 1.807) is 0 Å². The fourth-order valence-electron chi connectivity index (χ4n) is 1.85. The average Bonchev–Trinajstić information content (AvgIpc) is 2.93. The van der Waals surface area contributed by atoms with E-state index in [9.17, 15) is 0 Å². The number of hydrogen-bond donors (Lipinski definition) is 1. The Hall–Kier alpha value is -2.27. The molecule has 0 unspecified atom stereocenters. The molecule has 1 aromatic carbocycles. The summed E-state index contributed by atoms with van der Waals surface area (Å²) in [5.74, 6) is 2.18. The van der Waals surface area contributed by atoms with Crippen LogP contribution in [0.25, 0.3) is 0 Å². The molecule has 1 aromatic heterocycles. The van der Waals surface area contributed by atoms with Crippen molar-refractivity contribution in [2.45, 2.75) is 13.2 Å². The lowest BCUT2D eigenvalue weighted by Crippen LogP contribution is -2.04. The lowest BCUT2D eigenvalue weighted by atomic mass is 10.3. The van der Waals surface area contributed by atoms with Crippen molar-refractivity contribution in [2.24, 2.45) is 5.73 Å². The van der Waals surface area contributed by atoms with Crippen molar-refractivity contribution in [2.75, 3.05) is 6.79 Å². The Balaban J connectivity index is 1.68. The molecule has 2 heterocycles. The highest BCUT2D eigenvalue weighted by Gasteiger charge is 2.13. The highest BCUT2D eigenvalue weighted by Crippen LogP contribution is 2.35. The van der Waals surface area contributed by atoms with Crippen molar-refractivity contribution < 1.29 is 14.2 Å². The van der Waals surface area contributed by atoms with E-state index in [1.165, 1.54) is 0 Å². The average molecular weight is 258 g/mol. The molecule has 0 saturated heterocycles. The van der Waals surface area contributed by atoms with Crippen LogP contribution in [0.3, 0.4) is 0 Å². The van der Waals surface area contributed by atoms with E-state index in [2.05, 4.69) is 4.98 Å². The number of fused-ring (bicyclic) bond motifs is 1. The lowest BCUT2D eigenvalue weighted by molar-refractivity contribution is 0.173. The number of nitrogens with zero attached hydrogens (tertiary/aromatic N) is 1. The first kappa shape index (κ1) is 11.8. The quantitative estimate of drug-likeness (QED) is 0.906. The maximum Gasteiger partial charge on any atom is 0.231 e. The molecule has 0 bridgehead atoms. The molecule has 3 rings (SSSR count). The summed E-state index contributed by atoms with van der Waals surface area (Å²) in [6.07, 6.45) is 0. The van der Waals surface area contributed by atoms with Gasteiger partial charge >= 0.3 is 0 Å². The fourth-order valence-corrected chi connectivity index (χ4v) is 1.85. The molecule has 19 heavy (non-hydrogen) atoms. The standard InChI is InChI=1S/C14H14N2O3/c15-7-10-2-1-3-11(16-10)8-17-12-4-5-13-14(6-12)19-9-18-13/h1-6H,7-9,15H2. The Kier molecular flexibility index (Phi) is 3.20. The Bertz CT molecular complexity index is 587. The Morgan fingerprint density at radius 3 is 2.84 bits per heavy atom. The third-order valence-corrected chi connectivity index (χ3v) is 2.80. The van der Waals surface area contributed by atoms with Crippen LogP contribution < -0.4 is 19.9 Å². The van der Waals surface area contributed by atoms with Gasteiger partial charge in [-0.1, -0.05) is 6.07 Å². The molecule has 98 valence electrons. The first-order valence-corrected chi connectivity index (χ1v) is 6.02. The zero-order valence-corrected chi connectivity index (χ0v) is 10.3. The van der Waals surface area contributed by atoms with Gasteiger partial charge in [-0.3, -0.25) is 4.98 Å². The summed E-state index contributed by atoms with van der Waals surface area (Å²) in [5, 5.41) is 0. The second kappa shape index (κ2) is 5.16. The molecule has 0 atom stereocenters. The van der Waals surface area contributed by atoms with Gasteiger partial charge in [0, 0.05) is 12.6 Å². The second-order valence-corrected chi connectivity index (χ2v) is 4.13. The minimum absolute atomic E-state index is 0.263. The summed E-state index contributed by atoms with van der Waals surface area (Å²) in [6, 6.07) is 11.2. The zero-order valence-electron chi connectivity index (χ0n) is 10.3. The number of nitrogens with two attached hydrogens (primary N) is 1. The summed E-state index contributed by atoms with van der Waals surface area (Å²) >= 11 is 0. The minimum atomic E-state index is 0.263. The van der Waals surface area contributed by atoms with Crippen LogP contribution in [0.15, 0.2) is 36.4 Å². The van der Waals surface area contributed by atoms with Gasteiger partial charge in [-0.15, -0.1) is 0 Å². The van der Waals surface area contributed by atoms with Crippen LogP contribution in [0.4, 0.5) is 0 Å². The summed E-state index contributed by atoms with van der Waals surface area (Å²) in [5.41, 5.74) is 7.26. The SMILES string of the molecule is NCc1cccc(COc2ccc3c(c2)OCO3)n1. The molecular formula is C14H14N2O3. The van der Waals surface area contributed by atoms with E-state index in [4.69, 9.17) is 19.9 Å². The van der Waals surface area contributed by atoms with Crippen molar-refractivity contribution in [3.63, 3.8) is 0 Å². The predicted molar refractivity (Wildman–Crippen MR) is 69.0 cm³/mol. The number of aromatic nitrogens is 1. The Morgan fingerprint density at radius 1 is 1.11 bits per heavy atom. The van der Waals surface area contributed by atoms with Gasteiger partial charge in [0.2, 0.25) is 6.79 Å². The maximum absolute atomic E-state index is 5.68. The molecule has 1 aliphatic heterocycles. The molecule has 0 fully saturated rings. The third-order valence-electron chi connectivity index (χ3n) is 2.80. The van der Waals surface area contributed by atoms with Gasteiger partial charge in [0.05, 0.1) is 11.4 Å². The number of ether oxygens (including phenoxy) is 3. The molecule has 2 N–H and O–H groups in total. The monoisotopic (exact) mass is 258 g/mol. The summed E-state index contributed by atoms with van der Waals surface area (Å²) in [6.45, 7) is 1.09. The Labute approximate surface area is 110 Å². The van der Waals surface area contributed by atoms with E-state index >= 15 is 0 Å². The van der Waals surface area contributed by atoms with Crippen molar-refractivity contribution in [3.05, 3.63) is 47.8 Å². The smallest absolute Gasteiger partial charge is 0.231 e. The van der Waals surface area contributed by atoms with Crippen LogP contribution in [0.2, 0.25) is 0 Å². The van der Waals surface area contributed by atoms with E-state index < -0.39 is 0 Å². The molecule has 0 saturated carbocycles. The summed E-state index contributed by atoms with van der Waals surface area (Å²) in [4.78, 5) is 4.37. The minimum Gasteiger partial charge on any atom is -0.487 e. The normalized spacial score (nSPS) is 12.5. The van der Waals surface area contributed by atoms with Gasteiger partial charge in [0.15, 0.2) is 11.5 Å². The van der Waals surface area contributed by atoms with Crippen molar-refractivity contribution in [1.82, 2.24) is 4.98 Å². The van der Waals surface area contributed by atoms with Crippen molar-refractivity contribution >= 4 is 0 Å². The van der Waals surface area contributed by atoms with Crippen LogP contribution >= 0.6 is 0 Å². The van der Waals surface area contributed by atoms with Crippen molar-refractivity contribution in [3.8, 4) is 17.2 Å². The molecule has 1 aliphatic rings. The topological polar surface area (TPSA) is 66.6 Å². The molecule has 5 nitrogen and oxygen atoms in total. The van der Waals surface area contributed by atoms with Crippen LogP contribution in [-0.4, -0.2) is 11.8 Å². The van der Waals surface area contributed by atoms with E-state index in [1.807, 2.05) is 36.4 Å². The number of hydrogen-bond acceptors (Lipinski definition) is 5. The highest BCUT2D eigenvalue weighted by atomic mass is 16.7. The number of pyridine rings is 1. The zero-order chi connectivity index (χ0) is 13.1. The fraction of sp³-hybridized carbons (Fsp3) is 0.214. The molecule has 0 aliphatic carbocycles. The van der Waals surface area contributed by atoms with E-state index in [0.717, 1.165) is 22.9 Å². The maximum atomic E-state index is 5.68. The van der Waals surface area contributed by atoms with Gasteiger partial charge in [0.1, 0.15) is 12.4 Å². The van der Waals surface area contributed by atoms with Gasteiger partial charge in [-0.05, 0) is 24.3 Å². The largest absolute Gasteiger partial charge is 0.487 e. The summed E-state index contributed by atoms with van der Waals surface area (Å²) < 4.78 is 16.2. The van der Waals surface area contributed by atoms with E-state index in [0.29, 0.717) is 18.9 Å². The van der Waals surface area contributed by atoms with Crippen molar-refractivity contribution in [1.29, 1.82) is 0 Å². The number of rotatable bonds is 4. The predicted octanol–water partition coefficient (Wildman–Crippen LogP) is 1.85. The summed E-state index contributed by atoms with van der Waals surface area (Å²) in [7, 11) is 0. The molecule has 2 aromatic rings. The molecular weight excluding hydrogens is 244 g/mol. The molecule has 5 heteroatoms. The van der Waals surface area contributed by atoms with Crippen LogP contribution in [-0.2, 0) is 13.2 Å². The third kappa shape index (κ3) is 2.61. The second-order valence-electron chi connectivity index (χ2n) is 4.13. The number of benzene rings is 1. The van der Waals surface area contributed by atoms with Gasteiger partial charge in [-0.2, -0.15) is 0 Å². The van der Waals surface area contributed by atoms with Gasteiger partial charge in [0.25, 0.3) is 0 Å². The van der Waals surface area contributed by atoms with Crippen LogP contribution in [0.1, 0.15) is 11.4 Å². The van der Waals surface area contributed by atoms with Crippen LogP contribution in [0.5, 0.6) is 17.2 Å². The van der Waals surface area contributed by atoms with Gasteiger partial charge in [-0.25, -0.2) is 0 Å². The van der Waals surface area contributed by atoms with Gasteiger partial charge < -0.3 is 19.9 Å². The molecule has 0 amide bonds. The highest BCUT2D eigenvalue weighted by molar-refractivity contribution is 5.46. The molecule has 0 radical (unpaired) electrons. The first-order chi connectivity index (χ1) is 9.35. The first-order valence-electron chi connectivity index (χ1n) is 6.02. The molecule has 0 spiro atoms. The lowest BCUT2D eigenvalue weighted by Gasteiger charge is -2.07.